The van der Waals surface area contributed by atoms with E-state index < -0.39 is 0 Å². The lowest BCUT2D eigenvalue weighted by Gasteiger charge is -2.21. The van der Waals surface area contributed by atoms with Crippen molar-refractivity contribution in [2.75, 3.05) is 30.4 Å². The zero-order valence-electron chi connectivity index (χ0n) is 9.14. The maximum absolute atomic E-state index is 6.09. The number of hydrogen-bond donors (Lipinski definition) is 1. The molecule has 1 aromatic heterocycles. The first-order chi connectivity index (χ1) is 7.13. The van der Waals surface area contributed by atoms with Crippen molar-refractivity contribution in [3.05, 3.63) is 16.1 Å². The molecule has 84 valence electrons. The molecule has 3 nitrogen and oxygen atoms in total. The average Bonchev–Trinajstić information content (AvgIpc) is 2.22. The summed E-state index contributed by atoms with van der Waals surface area (Å²) in [5, 5.41) is 4.06. The Morgan fingerprint density at radius 3 is 2.33 bits per heavy atom. The minimum atomic E-state index is 0.540. The topological polar surface area (TPSA) is 28.2 Å². The molecule has 0 aromatic carbocycles. The number of anilines is 2. The van der Waals surface area contributed by atoms with Crippen LogP contribution in [0.15, 0.2) is 6.07 Å². The lowest BCUT2D eigenvalue weighted by molar-refractivity contribution is 0.847. The van der Waals surface area contributed by atoms with Gasteiger partial charge in [-0.25, -0.2) is 4.98 Å². The molecule has 0 unspecified atom stereocenters. The number of halogens is 2. The molecular formula is C10H15Cl2N3. The Morgan fingerprint density at radius 2 is 1.87 bits per heavy atom. The molecule has 0 radical (unpaired) electrons. The van der Waals surface area contributed by atoms with E-state index in [1.165, 1.54) is 0 Å². The highest BCUT2D eigenvalue weighted by Gasteiger charge is 2.12. The van der Waals surface area contributed by atoms with Gasteiger partial charge in [-0.15, -0.1) is 0 Å². The second kappa shape index (κ2) is 5.42. The van der Waals surface area contributed by atoms with Gasteiger partial charge in [0.05, 0.1) is 10.0 Å². The normalized spacial score (nSPS) is 10.2. The molecule has 0 aliphatic rings. The zero-order valence-corrected chi connectivity index (χ0v) is 10.7. The Balaban J connectivity index is 3.17. The minimum absolute atomic E-state index is 0.540. The highest BCUT2D eigenvalue weighted by molar-refractivity contribution is 6.37. The van der Waals surface area contributed by atoms with Crippen LogP contribution < -0.4 is 10.2 Å². The van der Waals surface area contributed by atoms with Crippen LogP contribution in [-0.4, -0.2) is 25.1 Å². The Bertz CT molecular complexity index is 338. The number of pyridine rings is 1. The number of nitrogens with zero attached hydrogens (tertiary/aromatic N) is 2. The first-order valence-electron chi connectivity index (χ1n) is 4.92. The zero-order chi connectivity index (χ0) is 11.4. The number of hydrogen-bond acceptors (Lipinski definition) is 3. The molecule has 1 N–H and O–H groups in total. The fourth-order valence-corrected chi connectivity index (χ4v) is 1.95. The highest BCUT2D eigenvalue weighted by atomic mass is 35.5. The predicted molar refractivity (Wildman–Crippen MR) is 67.4 cm³/mol. The van der Waals surface area contributed by atoms with Crippen molar-refractivity contribution in [1.29, 1.82) is 0 Å². The van der Waals surface area contributed by atoms with E-state index in [4.69, 9.17) is 23.2 Å². The first-order valence-corrected chi connectivity index (χ1v) is 5.68. The molecule has 15 heavy (non-hydrogen) atoms. The smallest absolute Gasteiger partial charge is 0.149 e. The third-order valence-corrected chi connectivity index (χ3v) is 2.78. The molecule has 1 aromatic rings. The lowest BCUT2D eigenvalue weighted by atomic mass is 10.4. The van der Waals surface area contributed by atoms with Crippen molar-refractivity contribution in [3.8, 4) is 0 Å². The monoisotopic (exact) mass is 247 g/mol. The summed E-state index contributed by atoms with van der Waals surface area (Å²) in [6.45, 7) is 5.87. The van der Waals surface area contributed by atoms with Crippen LogP contribution in [0.5, 0.6) is 0 Å². The number of nitrogens with one attached hydrogen (secondary N) is 1. The second-order valence-corrected chi connectivity index (χ2v) is 3.86. The van der Waals surface area contributed by atoms with E-state index in [9.17, 15) is 0 Å². The fraction of sp³-hybridized carbons (Fsp3) is 0.500. The van der Waals surface area contributed by atoms with Crippen LogP contribution in [0.3, 0.4) is 0 Å². The van der Waals surface area contributed by atoms with Crippen LogP contribution in [0, 0.1) is 0 Å². The molecule has 1 heterocycles. The predicted octanol–water partition coefficient (Wildman–Crippen LogP) is 3.28. The van der Waals surface area contributed by atoms with Gasteiger partial charge in [0.15, 0.2) is 0 Å². The molecule has 0 saturated heterocycles. The largest absolute Gasteiger partial charge is 0.372 e. The number of rotatable bonds is 4. The molecule has 0 amide bonds. The van der Waals surface area contributed by atoms with E-state index in [2.05, 4.69) is 29.0 Å². The van der Waals surface area contributed by atoms with E-state index in [0.717, 1.165) is 18.9 Å². The lowest BCUT2D eigenvalue weighted by Crippen LogP contribution is -2.23. The first kappa shape index (κ1) is 12.4. The van der Waals surface area contributed by atoms with E-state index >= 15 is 0 Å². The van der Waals surface area contributed by atoms with Crippen LogP contribution in [0.2, 0.25) is 10.0 Å². The van der Waals surface area contributed by atoms with Crippen molar-refractivity contribution < 1.29 is 0 Å². The fourth-order valence-electron chi connectivity index (χ4n) is 1.38. The van der Waals surface area contributed by atoms with Crippen LogP contribution in [-0.2, 0) is 0 Å². The van der Waals surface area contributed by atoms with Crippen molar-refractivity contribution in [2.24, 2.45) is 0 Å². The highest BCUT2D eigenvalue weighted by Crippen LogP contribution is 2.30. The quantitative estimate of drug-likeness (QED) is 0.886. The summed E-state index contributed by atoms with van der Waals surface area (Å²) in [7, 11) is 1.79. The van der Waals surface area contributed by atoms with Crippen molar-refractivity contribution in [2.45, 2.75) is 13.8 Å². The summed E-state index contributed by atoms with van der Waals surface area (Å²) < 4.78 is 0. The summed E-state index contributed by atoms with van der Waals surface area (Å²) in [6, 6.07) is 1.72. The Morgan fingerprint density at radius 1 is 1.27 bits per heavy atom. The minimum Gasteiger partial charge on any atom is -0.372 e. The van der Waals surface area contributed by atoms with Crippen LogP contribution in [0.25, 0.3) is 0 Å². The van der Waals surface area contributed by atoms with E-state index in [1.807, 2.05) is 0 Å². The van der Waals surface area contributed by atoms with Gasteiger partial charge in [-0.05, 0) is 19.9 Å². The number of aromatic nitrogens is 1. The van der Waals surface area contributed by atoms with Crippen LogP contribution >= 0.6 is 23.2 Å². The van der Waals surface area contributed by atoms with Gasteiger partial charge in [0.2, 0.25) is 0 Å². The summed E-state index contributed by atoms with van der Waals surface area (Å²) in [6.07, 6.45) is 0. The molecule has 0 bridgehead atoms. The van der Waals surface area contributed by atoms with Crippen molar-refractivity contribution in [3.63, 3.8) is 0 Å². The second-order valence-electron chi connectivity index (χ2n) is 3.05. The van der Waals surface area contributed by atoms with E-state index in [-0.39, 0.29) is 0 Å². The Kier molecular flexibility index (Phi) is 4.48. The molecule has 5 heteroatoms. The third-order valence-electron chi connectivity index (χ3n) is 2.21. The van der Waals surface area contributed by atoms with Crippen LogP contribution in [0.4, 0.5) is 11.6 Å². The molecule has 0 saturated carbocycles. The van der Waals surface area contributed by atoms with Gasteiger partial charge in [0.25, 0.3) is 0 Å². The SMILES string of the molecule is CCN(CC)c1nc(NC)c(Cl)cc1Cl. The molecule has 0 spiro atoms. The van der Waals surface area contributed by atoms with Gasteiger partial charge in [-0.3, -0.25) is 0 Å². The Hall–Kier alpha value is -0.670. The molecule has 0 atom stereocenters. The summed E-state index contributed by atoms with van der Waals surface area (Å²) in [5.41, 5.74) is 0. The van der Waals surface area contributed by atoms with Gasteiger partial charge >= 0.3 is 0 Å². The van der Waals surface area contributed by atoms with Gasteiger partial charge in [-0.1, -0.05) is 23.2 Å². The van der Waals surface area contributed by atoms with Crippen LogP contribution in [0.1, 0.15) is 13.8 Å². The van der Waals surface area contributed by atoms with Gasteiger partial charge in [-0.2, -0.15) is 0 Å². The average molecular weight is 248 g/mol. The molecular weight excluding hydrogens is 233 g/mol. The maximum Gasteiger partial charge on any atom is 0.149 e. The molecule has 0 aliphatic carbocycles. The molecule has 0 fully saturated rings. The van der Waals surface area contributed by atoms with Crippen molar-refractivity contribution in [1.82, 2.24) is 4.98 Å². The van der Waals surface area contributed by atoms with Gasteiger partial charge in [0.1, 0.15) is 11.6 Å². The summed E-state index contributed by atoms with van der Waals surface area (Å²) >= 11 is 12.1. The van der Waals surface area contributed by atoms with Crippen molar-refractivity contribution >= 4 is 34.8 Å². The summed E-state index contributed by atoms with van der Waals surface area (Å²) in [5.74, 6) is 1.43. The Labute approximate surface area is 100 Å². The molecule has 1 rings (SSSR count). The van der Waals surface area contributed by atoms with Gasteiger partial charge in [0, 0.05) is 20.1 Å². The van der Waals surface area contributed by atoms with E-state index in [0.29, 0.717) is 15.9 Å². The summed E-state index contributed by atoms with van der Waals surface area (Å²) in [4.78, 5) is 6.47. The van der Waals surface area contributed by atoms with Gasteiger partial charge < -0.3 is 10.2 Å². The maximum atomic E-state index is 6.09. The van der Waals surface area contributed by atoms with E-state index in [1.54, 1.807) is 13.1 Å². The standard InChI is InChI=1S/C10H15Cl2N3/c1-4-15(5-2)10-8(12)6-7(11)9(13-3)14-10/h6H,4-5H2,1-3H3,(H,13,14). The molecule has 0 aliphatic heterocycles. The third kappa shape index (κ3) is 2.67.